The van der Waals surface area contributed by atoms with Gasteiger partial charge in [0.25, 0.3) is 0 Å². The van der Waals surface area contributed by atoms with E-state index in [2.05, 4.69) is 26.3 Å². The monoisotopic (exact) mass is 263 g/mol. The molecular formula is C12H17N5S. The lowest BCUT2D eigenvalue weighted by atomic mass is 10.1. The minimum absolute atomic E-state index is 0.216. The molecule has 1 aromatic heterocycles. The molecule has 0 radical (unpaired) electrons. The fourth-order valence-corrected chi connectivity index (χ4v) is 2.84. The molecular weight excluding hydrogens is 246 g/mol. The SMILES string of the molecule is NNC(=S)N1CCN(c2ccccn2)C2(CC2)C1. The average Bonchev–Trinajstić information content (AvgIpc) is 3.18. The minimum Gasteiger partial charge on any atom is -0.347 e. The van der Waals surface area contributed by atoms with Gasteiger partial charge in [-0.15, -0.1) is 0 Å². The first-order valence-corrected chi connectivity index (χ1v) is 6.60. The number of rotatable bonds is 1. The lowest BCUT2D eigenvalue weighted by Gasteiger charge is -2.43. The average molecular weight is 263 g/mol. The molecule has 5 nitrogen and oxygen atoms in total. The molecule has 0 amide bonds. The number of nitrogens with two attached hydrogens (primary N) is 1. The molecule has 6 heteroatoms. The summed E-state index contributed by atoms with van der Waals surface area (Å²) in [5.74, 6) is 6.47. The van der Waals surface area contributed by atoms with E-state index in [9.17, 15) is 0 Å². The Morgan fingerprint density at radius 1 is 1.39 bits per heavy atom. The van der Waals surface area contributed by atoms with E-state index in [0.717, 1.165) is 25.5 Å². The van der Waals surface area contributed by atoms with E-state index in [1.54, 1.807) is 0 Å². The van der Waals surface area contributed by atoms with Crippen LogP contribution in [0, 0.1) is 0 Å². The number of hydrogen-bond acceptors (Lipinski definition) is 4. The summed E-state index contributed by atoms with van der Waals surface area (Å²) >= 11 is 5.22. The Morgan fingerprint density at radius 3 is 2.83 bits per heavy atom. The van der Waals surface area contributed by atoms with E-state index in [1.807, 2.05) is 18.3 Å². The van der Waals surface area contributed by atoms with Crippen LogP contribution in [0.3, 0.4) is 0 Å². The Morgan fingerprint density at radius 2 is 2.22 bits per heavy atom. The van der Waals surface area contributed by atoms with Gasteiger partial charge in [-0.05, 0) is 37.2 Å². The molecule has 2 heterocycles. The first kappa shape index (κ1) is 11.7. The van der Waals surface area contributed by atoms with Gasteiger partial charge in [-0.3, -0.25) is 0 Å². The topological polar surface area (TPSA) is 57.4 Å². The molecule has 3 rings (SSSR count). The van der Waals surface area contributed by atoms with Crippen LogP contribution in [0.25, 0.3) is 0 Å². The van der Waals surface area contributed by atoms with Crippen LogP contribution in [0.15, 0.2) is 24.4 Å². The zero-order valence-electron chi connectivity index (χ0n) is 10.2. The lowest BCUT2D eigenvalue weighted by molar-refractivity contribution is 0.310. The molecule has 0 atom stereocenters. The Hall–Kier alpha value is -1.40. The number of piperazine rings is 1. The van der Waals surface area contributed by atoms with Crippen LogP contribution in [0.1, 0.15) is 12.8 Å². The van der Waals surface area contributed by atoms with Crippen molar-refractivity contribution < 1.29 is 0 Å². The number of nitrogens with zero attached hydrogens (tertiary/aromatic N) is 3. The maximum atomic E-state index is 5.40. The number of hydrogen-bond donors (Lipinski definition) is 2. The number of pyridine rings is 1. The van der Waals surface area contributed by atoms with Gasteiger partial charge in [0.2, 0.25) is 0 Å². The van der Waals surface area contributed by atoms with Crippen LogP contribution in [0.2, 0.25) is 0 Å². The zero-order valence-corrected chi connectivity index (χ0v) is 11.0. The van der Waals surface area contributed by atoms with Gasteiger partial charge in [0.05, 0.1) is 5.54 Å². The summed E-state index contributed by atoms with van der Waals surface area (Å²) < 4.78 is 0. The molecule has 0 bridgehead atoms. The van der Waals surface area contributed by atoms with Crippen LogP contribution in [0.5, 0.6) is 0 Å². The molecule has 0 aromatic carbocycles. The maximum Gasteiger partial charge on any atom is 0.183 e. The normalized spacial score (nSPS) is 20.9. The first-order chi connectivity index (χ1) is 8.75. The predicted octanol–water partition coefficient (Wildman–Crippen LogP) is 0.484. The van der Waals surface area contributed by atoms with E-state index in [1.165, 1.54) is 12.8 Å². The molecule has 3 N–H and O–H groups in total. The molecule has 2 aliphatic rings. The van der Waals surface area contributed by atoms with Gasteiger partial charge in [-0.2, -0.15) is 0 Å². The van der Waals surface area contributed by atoms with E-state index >= 15 is 0 Å². The lowest BCUT2D eigenvalue weighted by Crippen LogP contribution is -2.59. The third-order valence-corrected chi connectivity index (χ3v) is 4.19. The number of anilines is 1. The minimum atomic E-state index is 0.216. The molecule has 1 saturated carbocycles. The highest BCUT2D eigenvalue weighted by Gasteiger charge is 2.52. The number of aromatic nitrogens is 1. The molecule has 96 valence electrons. The van der Waals surface area contributed by atoms with Crippen molar-refractivity contribution in [3.63, 3.8) is 0 Å². The van der Waals surface area contributed by atoms with Crippen molar-refractivity contribution in [2.75, 3.05) is 24.5 Å². The highest BCUT2D eigenvalue weighted by Crippen LogP contribution is 2.45. The summed E-state index contributed by atoms with van der Waals surface area (Å²) in [7, 11) is 0. The second kappa shape index (κ2) is 4.37. The van der Waals surface area contributed by atoms with Crippen molar-refractivity contribution in [2.24, 2.45) is 5.84 Å². The van der Waals surface area contributed by atoms with Gasteiger partial charge in [0.15, 0.2) is 5.11 Å². The molecule has 18 heavy (non-hydrogen) atoms. The second-order valence-corrected chi connectivity index (χ2v) is 5.32. The zero-order chi connectivity index (χ0) is 12.6. The van der Waals surface area contributed by atoms with Crippen molar-refractivity contribution >= 4 is 23.1 Å². The van der Waals surface area contributed by atoms with E-state index in [4.69, 9.17) is 18.1 Å². The molecule has 1 saturated heterocycles. The highest BCUT2D eigenvalue weighted by molar-refractivity contribution is 7.80. The van der Waals surface area contributed by atoms with Crippen molar-refractivity contribution in [1.82, 2.24) is 15.3 Å². The quantitative estimate of drug-likeness (QED) is 0.437. The standard InChI is InChI=1S/C12H17N5S/c13-15-11(18)16-7-8-17(12(9-16)4-5-12)10-3-1-2-6-14-10/h1-3,6H,4-5,7-9,13H2,(H,15,18). The Labute approximate surface area is 112 Å². The summed E-state index contributed by atoms with van der Waals surface area (Å²) in [6.07, 6.45) is 4.25. The Bertz CT molecular complexity index is 445. The molecule has 1 aliphatic carbocycles. The van der Waals surface area contributed by atoms with Crippen LogP contribution >= 0.6 is 12.2 Å². The maximum absolute atomic E-state index is 5.40. The summed E-state index contributed by atoms with van der Waals surface area (Å²) in [5, 5.41) is 0.641. The number of nitrogens with one attached hydrogen (secondary N) is 1. The summed E-state index contributed by atoms with van der Waals surface area (Å²) in [6, 6.07) is 6.07. The molecule has 2 fully saturated rings. The third kappa shape index (κ3) is 1.91. The number of thiocarbonyl (C=S) groups is 1. The van der Waals surface area contributed by atoms with Crippen molar-refractivity contribution in [2.45, 2.75) is 18.4 Å². The Kier molecular flexibility index (Phi) is 2.83. The largest absolute Gasteiger partial charge is 0.347 e. The van der Waals surface area contributed by atoms with Gasteiger partial charge in [-0.25, -0.2) is 10.8 Å². The smallest absolute Gasteiger partial charge is 0.183 e. The van der Waals surface area contributed by atoms with Crippen LogP contribution in [-0.2, 0) is 0 Å². The van der Waals surface area contributed by atoms with Crippen LogP contribution < -0.4 is 16.2 Å². The predicted molar refractivity (Wildman–Crippen MR) is 75.0 cm³/mol. The highest BCUT2D eigenvalue weighted by atomic mass is 32.1. The third-order valence-electron chi connectivity index (χ3n) is 3.81. The van der Waals surface area contributed by atoms with Gasteiger partial charge < -0.3 is 15.2 Å². The van der Waals surface area contributed by atoms with Gasteiger partial charge in [-0.1, -0.05) is 6.07 Å². The van der Waals surface area contributed by atoms with Crippen molar-refractivity contribution in [1.29, 1.82) is 0 Å². The van der Waals surface area contributed by atoms with Gasteiger partial charge in [0.1, 0.15) is 5.82 Å². The molecule has 1 aliphatic heterocycles. The van der Waals surface area contributed by atoms with Crippen molar-refractivity contribution in [3.8, 4) is 0 Å². The fourth-order valence-electron chi connectivity index (χ4n) is 2.69. The molecule has 1 aromatic rings. The summed E-state index contributed by atoms with van der Waals surface area (Å²) in [4.78, 5) is 9.04. The van der Waals surface area contributed by atoms with Gasteiger partial charge in [0, 0.05) is 25.8 Å². The van der Waals surface area contributed by atoms with E-state index in [-0.39, 0.29) is 5.54 Å². The first-order valence-electron chi connectivity index (χ1n) is 6.19. The van der Waals surface area contributed by atoms with Crippen LogP contribution in [0.4, 0.5) is 5.82 Å². The second-order valence-electron chi connectivity index (χ2n) is 4.93. The van der Waals surface area contributed by atoms with E-state index in [0.29, 0.717) is 5.11 Å². The van der Waals surface area contributed by atoms with Gasteiger partial charge >= 0.3 is 0 Å². The Balaban J connectivity index is 1.79. The molecule has 1 spiro atoms. The fraction of sp³-hybridized carbons (Fsp3) is 0.500. The number of hydrazine groups is 1. The van der Waals surface area contributed by atoms with E-state index < -0.39 is 0 Å². The summed E-state index contributed by atoms with van der Waals surface area (Å²) in [5.41, 5.74) is 2.79. The summed E-state index contributed by atoms with van der Waals surface area (Å²) in [6.45, 7) is 2.77. The van der Waals surface area contributed by atoms with Crippen LogP contribution in [-0.4, -0.2) is 40.2 Å². The van der Waals surface area contributed by atoms with Crippen molar-refractivity contribution in [3.05, 3.63) is 24.4 Å². The molecule has 0 unspecified atom stereocenters.